The monoisotopic (exact) mass is 195 g/mol. The van der Waals surface area contributed by atoms with E-state index in [1.165, 1.54) is 0 Å². The number of Topliss-reactive ketones (excluding diaryl/α,β-unsaturated/α-hetero) is 1. The van der Waals surface area contributed by atoms with Crippen LogP contribution in [-0.4, -0.2) is 23.6 Å². The van der Waals surface area contributed by atoms with Gasteiger partial charge in [0.2, 0.25) is 0 Å². The maximum absolute atomic E-state index is 11.7. The predicted molar refractivity (Wildman–Crippen MR) is 56.7 cm³/mol. The molecule has 0 aliphatic heterocycles. The van der Waals surface area contributed by atoms with E-state index in [1.54, 1.807) is 14.0 Å². The average molecular weight is 195 g/mol. The Labute approximate surface area is 84.5 Å². The smallest absolute Gasteiger partial charge is 0.168 e. The first kappa shape index (κ1) is 11.0. The van der Waals surface area contributed by atoms with Gasteiger partial charge in [0.05, 0.1) is 5.57 Å². The summed E-state index contributed by atoms with van der Waals surface area (Å²) in [6.45, 7) is 5.72. The molecule has 0 saturated carbocycles. The summed E-state index contributed by atoms with van der Waals surface area (Å²) in [4.78, 5) is 15.7. The van der Waals surface area contributed by atoms with Crippen molar-refractivity contribution in [3.63, 3.8) is 0 Å². The molecule has 1 N–H and O–H groups in total. The molecule has 0 atom stereocenters. The van der Waals surface area contributed by atoms with Crippen LogP contribution >= 0.6 is 0 Å². The van der Waals surface area contributed by atoms with Gasteiger partial charge in [-0.1, -0.05) is 13.8 Å². The van der Waals surface area contributed by atoms with Gasteiger partial charge in [0, 0.05) is 25.6 Å². The number of aliphatic hydroxyl groups is 1. The summed E-state index contributed by atoms with van der Waals surface area (Å²) >= 11 is 0. The summed E-state index contributed by atoms with van der Waals surface area (Å²) in [5.74, 6) is 0.191. The summed E-state index contributed by atoms with van der Waals surface area (Å²) < 4.78 is 0. The number of ketones is 1. The molecule has 0 spiro atoms. The van der Waals surface area contributed by atoms with Crippen LogP contribution in [0.4, 0.5) is 0 Å². The maximum atomic E-state index is 11.7. The molecule has 78 valence electrons. The number of aliphatic imine (C=N–C) groups is 1. The van der Waals surface area contributed by atoms with E-state index in [4.69, 9.17) is 0 Å². The third-order valence-electron chi connectivity index (χ3n) is 2.55. The fourth-order valence-corrected chi connectivity index (χ4v) is 1.81. The minimum Gasteiger partial charge on any atom is -0.511 e. The molecule has 0 aromatic carbocycles. The Hall–Kier alpha value is -1.12. The molecule has 0 saturated heterocycles. The van der Waals surface area contributed by atoms with E-state index >= 15 is 0 Å². The van der Waals surface area contributed by atoms with Crippen LogP contribution in [0.2, 0.25) is 0 Å². The van der Waals surface area contributed by atoms with E-state index in [-0.39, 0.29) is 17.0 Å². The van der Waals surface area contributed by atoms with Crippen LogP contribution in [-0.2, 0) is 4.79 Å². The van der Waals surface area contributed by atoms with Gasteiger partial charge in [-0.25, -0.2) is 0 Å². The van der Waals surface area contributed by atoms with E-state index in [1.807, 2.05) is 13.8 Å². The summed E-state index contributed by atoms with van der Waals surface area (Å²) in [5.41, 5.74) is 0.924. The minimum atomic E-state index is -0.126. The highest BCUT2D eigenvalue weighted by molar-refractivity contribution is 6.22. The first-order chi connectivity index (χ1) is 6.37. The normalized spacial score (nSPS) is 22.9. The van der Waals surface area contributed by atoms with Crippen LogP contribution in [0.5, 0.6) is 0 Å². The van der Waals surface area contributed by atoms with Crippen molar-refractivity contribution >= 4 is 11.5 Å². The molecule has 0 radical (unpaired) electrons. The third-order valence-corrected chi connectivity index (χ3v) is 2.55. The van der Waals surface area contributed by atoms with Crippen LogP contribution in [0.3, 0.4) is 0 Å². The largest absolute Gasteiger partial charge is 0.511 e. The standard InChI is InChI=1S/C11H17NO2/c1-7(12-4)10-8(13)5-11(2,3)6-9(10)14/h13H,5-6H2,1-4H3. The van der Waals surface area contributed by atoms with Gasteiger partial charge in [-0.15, -0.1) is 0 Å². The minimum absolute atomic E-state index is 0.00171. The molecule has 1 aliphatic carbocycles. The van der Waals surface area contributed by atoms with Crippen LogP contribution in [0.15, 0.2) is 16.3 Å². The van der Waals surface area contributed by atoms with Gasteiger partial charge < -0.3 is 5.11 Å². The number of carbonyl (C=O) groups excluding carboxylic acids is 1. The molecular weight excluding hydrogens is 178 g/mol. The predicted octanol–water partition coefficient (Wildman–Crippen LogP) is 2.28. The van der Waals surface area contributed by atoms with Crippen molar-refractivity contribution in [1.82, 2.24) is 0 Å². The lowest BCUT2D eigenvalue weighted by molar-refractivity contribution is -0.117. The fraction of sp³-hybridized carbons (Fsp3) is 0.636. The lowest BCUT2D eigenvalue weighted by Gasteiger charge is -2.29. The molecular formula is C11H17NO2. The summed E-state index contributed by atoms with van der Waals surface area (Å²) in [5, 5.41) is 9.75. The number of aliphatic hydroxyl groups excluding tert-OH is 1. The number of nitrogens with zero attached hydrogens (tertiary/aromatic N) is 1. The number of hydrogen-bond donors (Lipinski definition) is 1. The van der Waals surface area contributed by atoms with Gasteiger partial charge >= 0.3 is 0 Å². The zero-order chi connectivity index (χ0) is 10.9. The highest BCUT2D eigenvalue weighted by atomic mass is 16.3. The van der Waals surface area contributed by atoms with Crippen molar-refractivity contribution in [3.05, 3.63) is 11.3 Å². The van der Waals surface area contributed by atoms with E-state index in [0.29, 0.717) is 24.1 Å². The van der Waals surface area contributed by atoms with Gasteiger partial charge in [-0.2, -0.15) is 0 Å². The summed E-state index contributed by atoms with van der Waals surface area (Å²) in [6.07, 6.45) is 1.04. The van der Waals surface area contributed by atoms with Gasteiger partial charge in [-0.3, -0.25) is 9.79 Å². The van der Waals surface area contributed by atoms with E-state index in [9.17, 15) is 9.90 Å². The van der Waals surface area contributed by atoms with Gasteiger partial charge in [0.15, 0.2) is 5.78 Å². The number of carbonyl (C=O) groups is 1. The molecule has 0 heterocycles. The Kier molecular flexibility index (Phi) is 2.79. The highest BCUT2D eigenvalue weighted by Crippen LogP contribution is 2.35. The Bertz CT molecular complexity index is 324. The van der Waals surface area contributed by atoms with Crippen LogP contribution in [0, 0.1) is 5.41 Å². The van der Waals surface area contributed by atoms with Crippen molar-refractivity contribution in [2.24, 2.45) is 10.4 Å². The van der Waals surface area contributed by atoms with E-state index in [2.05, 4.69) is 4.99 Å². The number of allylic oxidation sites excluding steroid dienone is 2. The van der Waals surface area contributed by atoms with Crippen LogP contribution < -0.4 is 0 Å². The SMILES string of the molecule is CN=C(C)C1=C(O)CC(C)(C)CC1=O. The Morgan fingerprint density at radius 3 is 2.43 bits per heavy atom. The molecule has 0 aromatic heterocycles. The maximum Gasteiger partial charge on any atom is 0.168 e. The van der Waals surface area contributed by atoms with E-state index in [0.717, 1.165) is 0 Å². The molecule has 0 fully saturated rings. The molecule has 3 nitrogen and oxygen atoms in total. The zero-order valence-electron chi connectivity index (χ0n) is 9.22. The Morgan fingerprint density at radius 2 is 2.00 bits per heavy atom. The summed E-state index contributed by atoms with van der Waals surface area (Å²) in [7, 11) is 1.63. The van der Waals surface area contributed by atoms with Crippen molar-refractivity contribution in [3.8, 4) is 0 Å². The highest BCUT2D eigenvalue weighted by Gasteiger charge is 2.33. The first-order valence-corrected chi connectivity index (χ1v) is 4.76. The third kappa shape index (κ3) is 2.03. The second-order valence-electron chi connectivity index (χ2n) is 4.57. The molecule has 1 rings (SSSR count). The van der Waals surface area contributed by atoms with Crippen molar-refractivity contribution in [2.45, 2.75) is 33.6 Å². The van der Waals surface area contributed by atoms with Crippen molar-refractivity contribution in [1.29, 1.82) is 0 Å². The van der Waals surface area contributed by atoms with Crippen LogP contribution in [0.1, 0.15) is 33.6 Å². The van der Waals surface area contributed by atoms with Gasteiger partial charge in [0.1, 0.15) is 5.76 Å². The summed E-state index contributed by atoms with van der Waals surface area (Å²) in [6, 6.07) is 0. The molecule has 1 aliphatic rings. The molecule has 0 bridgehead atoms. The van der Waals surface area contributed by atoms with Crippen molar-refractivity contribution in [2.75, 3.05) is 7.05 Å². The first-order valence-electron chi connectivity index (χ1n) is 4.76. The molecule has 0 amide bonds. The number of rotatable bonds is 1. The molecule has 0 aromatic rings. The molecule has 14 heavy (non-hydrogen) atoms. The lowest BCUT2D eigenvalue weighted by Crippen LogP contribution is -2.28. The second kappa shape index (κ2) is 3.56. The molecule has 3 heteroatoms. The quantitative estimate of drug-likeness (QED) is 0.652. The van der Waals surface area contributed by atoms with Crippen molar-refractivity contribution < 1.29 is 9.90 Å². The van der Waals surface area contributed by atoms with Gasteiger partial charge in [-0.05, 0) is 12.3 Å². The van der Waals surface area contributed by atoms with Gasteiger partial charge in [0.25, 0.3) is 0 Å². The number of hydrogen-bond acceptors (Lipinski definition) is 3. The van der Waals surface area contributed by atoms with Crippen LogP contribution in [0.25, 0.3) is 0 Å². The fourth-order valence-electron chi connectivity index (χ4n) is 1.81. The molecule has 0 unspecified atom stereocenters. The van der Waals surface area contributed by atoms with E-state index < -0.39 is 0 Å². The zero-order valence-corrected chi connectivity index (χ0v) is 9.22. The lowest BCUT2D eigenvalue weighted by atomic mass is 9.76. The topological polar surface area (TPSA) is 49.7 Å². The second-order valence-corrected chi connectivity index (χ2v) is 4.57. The Balaban J connectivity index is 3.12. The average Bonchev–Trinajstić information content (AvgIpc) is 1.99. The Morgan fingerprint density at radius 1 is 1.43 bits per heavy atom.